The maximum absolute atomic E-state index is 11.3. The Morgan fingerprint density at radius 1 is 1.35 bits per heavy atom. The molecule has 1 amide bonds. The number of carbonyl (C=O) groups is 2. The standard InChI is InChI=1S/C11H10N2O4/c1-16-8-5-3-4-7(6-12)9(8)13-10(14)11(15)17-2/h3-5H,1-2H3,(H,13,14). The van der Waals surface area contributed by atoms with Gasteiger partial charge < -0.3 is 14.8 Å². The quantitative estimate of drug-likeness (QED) is 0.600. The SMILES string of the molecule is COC(=O)C(=O)Nc1c(C#N)cccc1OC. The predicted molar refractivity (Wildman–Crippen MR) is 58.4 cm³/mol. The van der Waals surface area contributed by atoms with E-state index in [-0.39, 0.29) is 11.3 Å². The van der Waals surface area contributed by atoms with Gasteiger partial charge in [0.25, 0.3) is 0 Å². The number of anilines is 1. The highest BCUT2D eigenvalue weighted by Gasteiger charge is 2.18. The molecule has 1 N–H and O–H groups in total. The topological polar surface area (TPSA) is 88.4 Å². The first kappa shape index (κ1) is 12.5. The number of ether oxygens (including phenoxy) is 2. The van der Waals surface area contributed by atoms with Crippen LogP contribution < -0.4 is 10.1 Å². The van der Waals surface area contributed by atoms with Crippen LogP contribution in [0, 0.1) is 11.3 Å². The number of amides is 1. The highest BCUT2D eigenvalue weighted by atomic mass is 16.5. The molecular formula is C11H10N2O4. The number of methoxy groups -OCH3 is 2. The summed E-state index contributed by atoms with van der Waals surface area (Å²) in [4.78, 5) is 22.3. The van der Waals surface area contributed by atoms with Crippen molar-refractivity contribution in [3.05, 3.63) is 23.8 Å². The van der Waals surface area contributed by atoms with Crippen LogP contribution in [0.1, 0.15) is 5.56 Å². The molecule has 0 aromatic heterocycles. The Bertz CT molecular complexity index is 491. The average Bonchev–Trinajstić information content (AvgIpc) is 2.37. The molecular weight excluding hydrogens is 224 g/mol. The maximum atomic E-state index is 11.3. The number of esters is 1. The van der Waals surface area contributed by atoms with E-state index < -0.39 is 11.9 Å². The van der Waals surface area contributed by atoms with Gasteiger partial charge in [0, 0.05) is 0 Å². The van der Waals surface area contributed by atoms with Gasteiger partial charge in [-0.25, -0.2) is 4.79 Å². The van der Waals surface area contributed by atoms with Crippen molar-refractivity contribution in [3.63, 3.8) is 0 Å². The number of nitriles is 1. The molecule has 6 heteroatoms. The minimum Gasteiger partial charge on any atom is -0.495 e. The Hall–Kier alpha value is -2.55. The van der Waals surface area contributed by atoms with Gasteiger partial charge in [-0.05, 0) is 12.1 Å². The molecule has 0 atom stereocenters. The van der Waals surface area contributed by atoms with Crippen LogP contribution in [-0.4, -0.2) is 26.1 Å². The van der Waals surface area contributed by atoms with Gasteiger partial charge in [-0.15, -0.1) is 0 Å². The molecule has 1 aromatic carbocycles. The van der Waals surface area contributed by atoms with E-state index in [1.807, 2.05) is 6.07 Å². The summed E-state index contributed by atoms with van der Waals surface area (Å²) in [5.41, 5.74) is 0.342. The lowest BCUT2D eigenvalue weighted by atomic mass is 10.2. The molecule has 0 aliphatic carbocycles. The third-order valence-corrected chi connectivity index (χ3v) is 1.98. The van der Waals surface area contributed by atoms with Crippen molar-refractivity contribution < 1.29 is 19.1 Å². The molecule has 0 aliphatic rings. The Morgan fingerprint density at radius 2 is 2.06 bits per heavy atom. The fourth-order valence-electron chi connectivity index (χ4n) is 1.18. The largest absolute Gasteiger partial charge is 0.495 e. The second kappa shape index (κ2) is 5.51. The minimum absolute atomic E-state index is 0.146. The number of nitrogens with one attached hydrogen (secondary N) is 1. The van der Waals surface area contributed by atoms with Crippen molar-refractivity contribution >= 4 is 17.6 Å². The van der Waals surface area contributed by atoms with E-state index in [4.69, 9.17) is 10.00 Å². The Morgan fingerprint density at radius 3 is 2.59 bits per heavy atom. The van der Waals surface area contributed by atoms with E-state index in [1.54, 1.807) is 12.1 Å². The van der Waals surface area contributed by atoms with Crippen LogP contribution in [0.3, 0.4) is 0 Å². The molecule has 0 saturated carbocycles. The van der Waals surface area contributed by atoms with Crippen LogP contribution in [0.25, 0.3) is 0 Å². The third-order valence-electron chi connectivity index (χ3n) is 1.98. The van der Waals surface area contributed by atoms with Gasteiger partial charge in [-0.2, -0.15) is 5.26 Å². The Kier molecular flexibility index (Phi) is 4.06. The van der Waals surface area contributed by atoms with Gasteiger partial charge in [0.2, 0.25) is 0 Å². The monoisotopic (exact) mass is 234 g/mol. The molecule has 0 aliphatic heterocycles. The van der Waals surface area contributed by atoms with Crippen LogP contribution in [0.4, 0.5) is 5.69 Å². The second-order valence-electron chi connectivity index (χ2n) is 2.94. The van der Waals surface area contributed by atoms with Gasteiger partial charge in [-0.1, -0.05) is 6.07 Å². The number of para-hydroxylation sites is 1. The van der Waals surface area contributed by atoms with Gasteiger partial charge in [0.1, 0.15) is 17.5 Å². The lowest BCUT2D eigenvalue weighted by molar-refractivity contribution is -0.150. The van der Waals surface area contributed by atoms with Gasteiger partial charge in [-0.3, -0.25) is 4.79 Å². The molecule has 0 fully saturated rings. The zero-order valence-corrected chi connectivity index (χ0v) is 9.31. The number of carbonyl (C=O) groups excluding carboxylic acids is 2. The molecule has 1 rings (SSSR count). The van der Waals surface area contributed by atoms with E-state index in [9.17, 15) is 9.59 Å². The van der Waals surface area contributed by atoms with Gasteiger partial charge >= 0.3 is 11.9 Å². The molecule has 0 bridgehead atoms. The van der Waals surface area contributed by atoms with Crippen LogP contribution in [0.5, 0.6) is 5.75 Å². The molecule has 17 heavy (non-hydrogen) atoms. The highest BCUT2D eigenvalue weighted by molar-refractivity contribution is 6.37. The highest BCUT2D eigenvalue weighted by Crippen LogP contribution is 2.27. The predicted octanol–water partition coefficient (Wildman–Crippen LogP) is 0.678. The first-order chi connectivity index (χ1) is 8.13. The van der Waals surface area contributed by atoms with Crippen molar-refractivity contribution in [1.29, 1.82) is 5.26 Å². The van der Waals surface area contributed by atoms with Crippen molar-refractivity contribution in [2.75, 3.05) is 19.5 Å². The minimum atomic E-state index is -1.04. The smallest absolute Gasteiger partial charge is 0.396 e. The summed E-state index contributed by atoms with van der Waals surface area (Å²) in [7, 11) is 2.49. The normalized spacial score (nSPS) is 9.00. The Labute approximate surface area is 97.7 Å². The summed E-state index contributed by atoms with van der Waals surface area (Å²) in [6, 6.07) is 6.55. The van der Waals surface area contributed by atoms with Crippen molar-refractivity contribution in [1.82, 2.24) is 0 Å². The van der Waals surface area contributed by atoms with Crippen LogP contribution >= 0.6 is 0 Å². The summed E-state index contributed by atoms with van der Waals surface area (Å²) in [5, 5.41) is 11.1. The van der Waals surface area contributed by atoms with E-state index in [0.717, 1.165) is 7.11 Å². The molecule has 0 spiro atoms. The lowest BCUT2D eigenvalue weighted by Crippen LogP contribution is -2.24. The van der Waals surface area contributed by atoms with Crippen LogP contribution in [0.2, 0.25) is 0 Å². The zero-order valence-electron chi connectivity index (χ0n) is 9.31. The third kappa shape index (κ3) is 2.72. The number of rotatable bonds is 2. The number of hydrogen-bond donors (Lipinski definition) is 1. The fourth-order valence-corrected chi connectivity index (χ4v) is 1.18. The van der Waals surface area contributed by atoms with Crippen LogP contribution in [0.15, 0.2) is 18.2 Å². The molecule has 0 heterocycles. The molecule has 88 valence electrons. The molecule has 1 aromatic rings. The summed E-state index contributed by atoms with van der Waals surface area (Å²) >= 11 is 0. The van der Waals surface area contributed by atoms with Crippen molar-refractivity contribution in [2.24, 2.45) is 0 Å². The van der Waals surface area contributed by atoms with E-state index in [1.165, 1.54) is 13.2 Å². The first-order valence-corrected chi connectivity index (χ1v) is 4.60. The molecule has 0 unspecified atom stereocenters. The van der Waals surface area contributed by atoms with Crippen molar-refractivity contribution in [2.45, 2.75) is 0 Å². The van der Waals surface area contributed by atoms with Gasteiger partial charge in [0.15, 0.2) is 0 Å². The van der Waals surface area contributed by atoms with E-state index >= 15 is 0 Å². The molecule has 0 radical (unpaired) electrons. The van der Waals surface area contributed by atoms with Gasteiger partial charge in [0.05, 0.1) is 19.8 Å². The van der Waals surface area contributed by atoms with Crippen LogP contribution in [-0.2, 0) is 14.3 Å². The van der Waals surface area contributed by atoms with E-state index in [0.29, 0.717) is 5.75 Å². The summed E-state index contributed by atoms with van der Waals surface area (Å²) in [6.07, 6.45) is 0. The summed E-state index contributed by atoms with van der Waals surface area (Å²) in [5.74, 6) is -1.71. The average molecular weight is 234 g/mol. The second-order valence-corrected chi connectivity index (χ2v) is 2.94. The Balaban J connectivity index is 3.09. The van der Waals surface area contributed by atoms with Crippen molar-refractivity contribution in [3.8, 4) is 11.8 Å². The fraction of sp³-hybridized carbons (Fsp3) is 0.182. The molecule has 6 nitrogen and oxygen atoms in total. The summed E-state index contributed by atoms with van der Waals surface area (Å²) in [6.45, 7) is 0. The maximum Gasteiger partial charge on any atom is 0.396 e. The number of hydrogen-bond acceptors (Lipinski definition) is 5. The first-order valence-electron chi connectivity index (χ1n) is 4.60. The number of nitrogens with zero attached hydrogens (tertiary/aromatic N) is 1. The van der Waals surface area contributed by atoms with E-state index in [2.05, 4.69) is 10.1 Å². The lowest BCUT2D eigenvalue weighted by Gasteiger charge is -2.10. The number of benzene rings is 1. The molecule has 0 saturated heterocycles. The zero-order chi connectivity index (χ0) is 12.8. The summed E-state index contributed by atoms with van der Waals surface area (Å²) < 4.78 is 9.24.